The zero-order chi connectivity index (χ0) is 20.7. The number of carboxylic acids is 1. The van der Waals surface area contributed by atoms with Gasteiger partial charge in [-0.05, 0) is 7.05 Å². The molecule has 0 radical (unpaired) electrons. The highest BCUT2D eigenvalue weighted by Gasteiger charge is 2.24. The number of carboxylic acid groups (broad SMARTS) is 1. The Morgan fingerprint density at radius 2 is 1.07 bits per heavy atom. The molecule has 1 fully saturated rings. The number of hydrogen-bond acceptors (Lipinski definition) is 7. The molecule has 0 aromatic carbocycles. The van der Waals surface area contributed by atoms with Crippen LogP contribution in [0, 0.1) is 0 Å². The summed E-state index contributed by atoms with van der Waals surface area (Å²) in [6, 6.07) is 0. The van der Waals surface area contributed by atoms with E-state index in [1.54, 1.807) is 14.7 Å². The van der Waals surface area contributed by atoms with Crippen molar-refractivity contribution in [3.8, 4) is 0 Å². The summed E-state index contributed by atoms with van der Waals surface area (Å²) >= 11 is 0. The molecule has 0 aliphatic carbocycles. The fourth-order valence-electron chi connectivity index (χ4n) is 2.79. The highest BCUT2D eigenvalue weighted by Crippen LogP contribution is 2.35. The summed E-state index contributed by atoms with van der Waals surface area (Å²) in [6.45, 7) is 2.68. The second kappa shape index (κ2) is 11.0. The Morgan fingerprint density at radius 1 is 0.741 bits per heavy atom. The molecule has 0 saturated carbocycles. The van der Waals surface area contributed by atoms with Gasteiger partial charge in [0.15, 0.2) is 0 Å². The minimum Gasteiger partial charge on any atom is -0.480 e. The van der Waals surface area contributed by atoms with Crippen LogP contribution in [0.2, 0.25) is 0 Å². The molecule has 0 unspecified atom stereocenters. The molecule has 0 bridgehead atoms. The van der Waals surface area contributed by atoms with Crippen LogP contribution in [0.4, 0.5) is 0 Å². The summed E-state index contributed by atoms with van der Waals surface area (Å²) in [6.07, 6.45) is -0.793. The standard InChI is InChI=1S/C13H30N4O8P2/c1-14-2-4-16(11-26(20,21)22)8-6-15(10-13(18)19)7-9-17(5-3-14)12-27(23,24)25/h2-12H2,1H3,(H,18,19)(H2,20,21,22)(H2,23,24,25). The van der Waals surface area contributed by atoms with Crippen LogP contribution in [-0.4, -0.2) is 129 Å². The fraction of sp³-hybridized carbons (Fsp3) is 0.923. The summed E-state index contributed by atoms with van der Waals surface area (Å²) in [5.74, 6) is -1.04. The van der Waals surface area contributed by atoms with Crippen molar-refractivity contribution in [1.29, 1.82) is 0 Å². The highest BCUT2D eigenvalue weighted by atomic mass is 31.2. The van der Waals surface area contributed by atoms with E-state index in [0.717, 1.165) is 0 Å². The van der Waals surface area contributed by atoms with Crippen molar-refractivity contribution in [2.24, 2.45) is 0 Å². The second-order valence-corrected chi connectivity index (χ2v) is 10.0. The minimum atomic E-state index is -4.23. The van der Waals surface area contributed by atoms with Crippen molar-refractivity contribution < 1.29 is 38.6 Å². The Labute approximate surface area is 158 Å². The Bertz CT molecular complexity index is 529. The van der Waals surface area contributed by atoms with E-state index >= 15 is 0 Å². The summed E-state index contributed by atoms with van der Waals surface area (Å²) in [5.41, 5.74) is 0. The third-order valence-corrected chi connectivity index (χ3v) is 5.73. The van der Waals surface area contributed by atoms with Gasteiger partial charge in [0.2, 0.25) is 0 Å². The molecule has 14 heteroatoms. The van der Waals surface area contributed by atoms with Gasteiger partial charge in [-0.25, -0.2) is 0 Å². The van der Waals surface area contributed by atoms with Gasteiger partial charge in [-0.15, -0.1) is 0 Å². The van der Waals surface area contributed by atoms with E-state index in [-0.39, 0.29) is 32.7 Å². The Kier molecular flexibility index (Phi) is 10.0. The largest absolute Gasteiger partial charge is 0.480 e. The minimum absolute atomic E-state index is 0.257. The highest BCUT2D eigenvalue weighted by molar-refractivity contribution is 7.51. The smallest absolute Gasteiger partial charge is 0.339 e. The maximum Gasteiger partial charge on any atom is 0.339 e. The van der Waals surface area contributed by atoms with Crippen LogP contribution in [-0.2, 0) is 13.9 Å². The van der Waals surface area contributed by atoms with Crippen molar-refractivity contribution in [2.45, 2.75) is 0 Å². The van der Waals surface area contributed by atoms with Gasteiger partial charge in [-0.2, -0.15) is 0 Å². The first-order valence-corrected chi connectivity index (χ1v) is 12.1. The SMILES string of the molecule is CN1CCN(CP(=O)(O)O)CCN(CC(=O)O)CCN(CP(=O)(O)O)CC1. The molecule has 1 aliphatic rings. The van der Waals surface area contributed by atoms with E-state index in [1.807, 2.05) is 11.9 Å². The molecule has 12 nitrogen and oxygen atoms in total. The van der Waals surface area contributed by atoms with Gasteiger partial charge in [0.1, 0.15) is 12.6 Å². The van der Waals surface area contributed by atoms with Crippen molar-refractivity contribution in [3.63, 3.8) is 0 Å². The topological polar surface area (TPSA) is 165 Å². The molecule has 5 N–H and O–H groups in total. The first-order valence-electron chi connectivity index (χ1n) is 8.50. The van der Waals surface area contributed by atoms with Gasteiger partial charge in [0, 0.05) is 52.4 Å². The van der Waals surface area contributed by atoms with Crippen LogP contribution in [0.15, 0.2) is 0 Å². The zero-order valence-electron chi connectivity index (χ0n) is 15.4. The number of carbonyl (C=O) groups is 1. The molecule has 0 aromatic rings. The number of likely N-dealkylation sites (N-methyl/N-ethyl adjacent to an activating group) is 1. The van der Waals surface area contributed by atoms with Crippen molar-refractivity contribution >= 4 is 21.2 Å². The molecule has 0 spiro atoms. The fourth-order valence-corrected chi connectivity index (χ4v) is 4.40. The molecule has 1 rings (SSSR count). The monoisotopic (exact) mass is 432 g/mol. The number of nitrogens with zero attached hydrogens (tertiary/aromatic N) is 4. The first kappa shape index (κ1) is 24.6. The second-order valence-electron chi connectivity index (χ2n) is 6.82. The van der Waals surface area contributed by atoms with Gasteiger partial charge in [-0.1, -0.05) is 0 Å². The van der Waals surface area contributed by atoms with Gasteiger partial charge in [0.05, 0.1) is 6.54 Å². The maximum absolute atomic E-state index is 11.3. The normalized spacial score (nSPS) is 21.5. The van der Waals surface area contributed by atoms with E-state index in [9.17, 15) is 33.5 Å². The van der Waals surface area contributed by atoms with Crippen LogP contribution < -0.4 is 0 Å². The van der Waals surface area contributed by atoms with Crippen LogP contribution in [0.1, 0.15) is 0 Å². The van der Waals surface area contributed by atoms with Gasteiger partial charge in [0.25, 0.3) is 0 Å². The molecule has 160 valence electrons. The number of rotatable bonds is 6. The number of aliphatic carboxylic acids is 1. The summed E-state index contributed by atoms with van der Waals surface area (Å²) in [5, 5.41) is 9.07. The molecular weight excluding hydrogens is 402 g/mol. The Balaban J connectivity index is 2.85. The molecule has 0 amide bonds. The molecule has 27 heavy (non-hydrogen) atoms. The molecule has 1 heterocycles. The van der Waals surface area contributed by atoms with E-state index in [1.165, 1.54) is 0 Å². The molecular formula is C13H30N4O8P2. The third kappa shape index (κ3) is 12.6. The van der Waals surface area contributed by atoms with E-state index in [2.05, 4.69) is 0 Å². The average Bonchev–Trinajstić information content (AvgIpc) is 2.47. The summed E-state index contributed by atoms with van der Waals surface area (Å²) in [4.78, 5) is 54.8. The zero-order valence-corrected chi connectivity index (χ0v) is 17.2. The Morgan fingerprint density at radius 3 is 1.41 bits per heavy atom. The lowest BCUT2D eigenvalue weighted by molar-refractivity contribution is -0.138. The van der Waals surface area contributed by atoms with Crippen LogP contribution in [0.5, 0.6) is 0 Å². The maximum atomic E-state index is 11.3. The average molecular weight is 432 g/mol. The van der Waals surface area contributed by atoms with E-state index in [0.29, 0.717) is 26.2 Å². The number of hydrogen-bond donors (Lipinski definition) is 5. The molecule has 0 atom stereocenters. The van der Waals surface area contributed by atoms with E-state index in [4.69, 9.17) is 5.11 Å². The van der Waals surface area contributed by atoms with E-state index < -0.39 is 33.7 Å². The molecule has 1 saturated heterocycles. The predicted octanol–water partition coefficient (Wildman–Crippen LogP) is -1.81. The third-order valence-electron chi connectivity index (χ3n) is 4.19. The first-order chi connectivity index (χ1) is 12.3. The Hall–Kier alpha value is -0.390. The van der Waals surface area contributed by atoms with Gasteiger partial charge in [-0.3, -0.25) is 28.6 Å². The molecule has 0 aromatic heterocycles. The quantitative estimate of drug-likeness (QED) is 0.299. The lowest BCUT2D eigenvalue weighted by atomic mass is 10.3. The van der Waals surface area contributed by atoms with Crippen molar-refractivity contribution in [1.82, 2.24) is 19.6 Å². The van der Waals surface area contributed by atoms with Crippen LogP contribution in [0.3, 0.4) is 0 Å². The molecule has 1 aliphatic heterocycles. The lowest BCUT2D eigenvalue weighted by Crippen LogP contribution is -2.46. The van der Waals surface area contributed by atoms with Gasteiger partial charge >= 0.3 is 21.2 Å². The van der Waals surface area contributed by atoms with Crippen molar-refractivity contribution in [2.75, 3.05) is 78.5 Å². The van der Waals surface area contributed by atoms with Crippen LogP contribution >= 0.6 is 15.2 Å². The van der Waals surface area contributed by atoms with Gasteiger partial charge < -0.3 is 29.6 Å². The summed E-state index contributed by atoms with van der Waals surface area (Å²) < 4.78 is 22.7. The van der Waals surface area contributed by atoms with Crippen LogP contribution in [0.25, 0.3) is 0 Å². The summed E-state index contributed by atoms with van der Waals surface area (Å²) in [7, 11) is -6.64. The predicted molar refractivity (Wildman–Crippen MR) is 98.5 cm³/mol. The lowest BCUT2D eigenvalue weighted by Gasteiger charge is -2.32. The van der Waals surface area contributed by atoms with Crippen molar-refractivity contribution in [3.05, 3.63) is 0 Å².